The number of aromatic nitrogens is 1. The van der Waals surface area contributed by atoms with E-state index in [1.54, 1.807) is 17.0 Å². The number of nitrogens with zero attached hydrogens (tertiary/aromatic N) is 2. The highest BCUT2D eigenvalue weighted by Gasteiger charge is 2.25. The fourth-order valence-electron chi connectivity index (χ4n) is 3.50. The number of pyridine rings is 1. The van der Waals surface area contributed by atoms with Crippen LogP contribution in [0, 0.1) is 6.92 Å². The minimum absolute atomic E-state index is 0.272. The summed E-state index contributed by atoms with van der Waals surface area (Å²) in [5.74, 6) is -0.926. The first-order chi connectivity index (χ1) is 11.0. The van der Waals surface area contributed by atoms with E-state index in [4.69, 9.17) is 0 Å². The van der Waals surface area contributed by atoms with Crippen LogP contribution in [0.1, 0.15) is 28.9 Å². The van der Waals surface area contributed by atoms with Crippen molar-refractivity contribution in [2.24, 2.45) is 0 Å². The largest absolute Gasteiger partial charge is 0.478 e. The molecule has 23 heavy (non-hydrogen) atoms. The summed E-state index contributed by atoms with van der Waals surface area (Å²) >= 11 is 0. The summed E-state index contributed by atoms with van der Waals surface area (Å²) in [5.41, 5.74) is 2.79. The van der Waals surface area contributed by atoms with E-state index >= 15 is 0 Å². The van der Waals surface area contributed by atoms with Gasteiger partial charge in [-0.1, -0.05) is 12.1 Å². The molecule has 0 bridgehead atoms. The van der Waals surface area contributed by atoms with Crippen molar-refractivity contribution < 1.29 is 14.8 Å². The number of hydrogen-bond acceptors (Lipinski definition) is 3. The third-order valence-electron chi connectivity index (χ3n) is 4.91. The molecule has 1 aromatic carbocycles. The SMILES string of the molecule is Cc1cc(N(C)C2CC[NH+](C)CC2)c2cccc(C(=O)O)c2n1. The topological polar surface area (TPSA) is 57.9 Å². The van der Waals surface area contributed by atoms with Gasteiger partial charge in [-0.05, 0) is 19.1 Å². The lowest BCUT2D eigenvalue weighted by molar-refractivity contribution is -0.884. The maximum absolute atomic E-state index is 11.5. The first-order valence-corrected chi connectivity index (χ1v) is 8.15. The first-order valence-electron chi connectivity index (χ1n) is 8.15. The summed E-state index contributed by atoms with van der Waals surface area (Å²) in [6.45, 7) is 4.28. The van der Waals surface area contributed by atoms with Gasteiger partial charge in [0.15, 0.2) is 0 Å². The van der Waals surface area contributed by atoms with Gasteiger partial charge in [0.2, 0.25) is 0 Å². The van der Waals surface area contributed by atoms with Crippen LogP contribution in [0.25, 0.3) is 10.9 Å². The summed E-state index contributed by atoms with van der Waals surface area (Å²) < 4.78 is 0. The summed E-state index contributed by atoms with van der Waals surface area (Å²) in [4.78, 5) is 19.9. The van der Waals surface area contributed by atoms with Gasteiger partial charge in [0, 0.05) is 42.7 Å². The van der Waals surface area contributed by atoms with Crippen molar-refractivity contribution in [2.75, 3.05) is 32.1 Å². The van der Waals surface area contributed by atoms with Crippen molar-refractivity contribution in [1.29, 1.82) is 0 Å². The molecule has 1 aromatic heterocycles. The highest BCUT2D eigenvalue weighted by atomic mass is 16.4. The Balaban J connectivity index is 2.06. The zero-order chi connectivity index (χ0) is 16.6. The number of quaternary nitrogens is 1. The fourth-order valence-corrected chi connectivity index (χ4v) is 3.50. The lowest BCUT2D eigenvalue weighted by Crippen LogP contribution is -3.10. The molecule has 5 nitrogen and oxygen atoms in total. The highest BCUT2D eigenvalue weighted by molar-refractivity contribution is 6.05. The Morgan fingerprint density at radius 1 is 1.35 bits per heavy atom. The molecule has 0 saturated carbocycles. The summed E-state index contributed by atoms with van der Waals surface area (Å²) in [6.07, 6.45) is 2.31. The van der Waals surface area contributed by atoms with Gasteiger partial charge in [-0.2, -0.15) is 0 Å². The summed E-state index contributed by atoms with van der Waals surface area (Å²) in [6, 6.07) is 7.97. The van der Waals surface area contributed by atoms with Crippen LogP contribution in [0.15, 0.2) is 24.3 Å². The average Bonchev–Trinajstić information content (AvgIpc) is 2.53. The first kappa shape index (κ1) is 15.7. The van der Waals surface area contributed by atoms with Crippen LogP contribution in [0.4, 0.5) is 5.69 Å². The fraction of sp³-hybridized carbons (Fsp3) is 0.444. The lowest BCUT2D eigenvalue weighted by atomic mass is 10.0. The van der Waals surface area contributed by atoms with E-state index < -0.39 is 5.97 Å². The molecule has 0 unspecified atom stereocenters. The molecular weight excluding hydrogens is 290 g/mol. The van der Waals surface area contributed by atoms with Gasteiger partial charge < -0.3 is 14.9 Å². The normalized spacial score (nSPS) is 21.3. The van der Waals surface area contributed by atoms with Crippen LogP contribution in [0.3, 0.4) is 0 Å². The van der Waals surface area contributed by atoms with Crippen LogP contribution < -0.4 is 9.80 Å². The molecule has 122 valence electrons. The third kappa shape index (κ3) is 3.01. The number of carboxylic acids is 1. The quantitative estimate of drug-likeness (QED) is 0.898. The number of benzene rings is 1. The Morgan fingerprint density at radius 3 is 2.70 bits per heavy atom. The molecule has 0 spiro atoms. The molecule has 0 atom stereocenters. The Hall–Kier alpha value is -2.14. The van der Waals surface area contributed by atoms with E-state index in [2.05, 4.69) is 30.0 Å². The van der Waals surface area contributed by atoms with Gasteiger partial charge >= 0.3 is 5.97 Å². The van der Waals surface area contributed by atoms with E-state index in [-0.39, 0.29) is 5.56 Å². The molecule has 1 aliphatic heterocycles. The Bertz CT molecular complexity index is 736. The number of anilines is 1. The second kappa shape index (κ2) is 6.16. The molecule has 2 aromatic rings. The number of para-hydroxylation sites is 1. The van der Waals surface area contributed by atoms with Gasteiger partial charge in [0.1, 0.15) is 0 Å². The standard InChI is InChI=1S/C18H23N3O2/c1-12-11-16(21(3)13-7-9-20(2)10-8-13)14-5-4-6-15(18(22)23)17(14)19-12/h4-6,11,13H,7-10H2,1-3H3,(H,22,23)/p+1. The van der Waals surface area contributed by atoms with Gasteiger partial charge in [-0.25, -0.2) is 4.79 Å². The van der Waals surface area contributed by atoms with E-state index in [0.717, 1.165) is 29.6 Å². The molecule has 1 saturated heterocycles. The number of hydrogen-bond donors (Lipinski definition) is 2. The van der Waals surface area contributed by atoms with Gasteiger partial charge in [-0.15, -0.1) is 0 Å². The van der Waals surface area contributed by atoms with Crippen molar-refractivity contribution in [3.05, 3.63) is 35.5 Å². The number of likely N-dealkylation sites (tertiary alicyclic amines) is 1. The van der Waals surface area contributed by atoms with Crippen LogP contribution in [-0.2, 0) is 0 Å². The number of aryl methyl sites for hydroxylation is 1. The van der Waals surface area contributed by atoms with E-state index in [1.165, 1.54) is 13.1 Å². The predicted molar refractivity (Wildman–Crippen MR) is 91.5 cm³/mol. The Kier molecular flexibility index (Phi) is 4.22. The second-order valence-corrected chi connectivity index (χ2v) is 6.59. The maximum Gasteiger partial charge on any atom is 0.337 e. The van der Waals surface area contributed by atoms with E-state index in [9.17, 15) is 9.90 Å². The van der Waals surface area contributed by atoms with E-state index in [0.29, 0.717) is 11.6 Å². The molecule has 5 heteroatoms. The highest BCUT2D eigenvalue weighted by Crippen LogP contribution is 2.30. The number of fused-ring (bicyclic) bond motifs is 1. The van der Waals surface area contributed by atoms with Gasteiger partial charge in [0.05, 0.1) is 31.2 Å². The zero-order valence-corrected chi connectivity index (χ0v) is 14.0. The molecule has 3 rings (SSSR count). The van der Waals surface area contributed by atoms with Crippen molar-refractivity contribution in [2.45, 2.75) is 25.8 Å². The summed E-state index contributed by atoms with van der Waals surface area (Å²) in [7, 11) is 4.36. The molecule has 0 amide bonds. The number of carboxylic acid groups (broad SMARTS) is 1. The maximum atomic E-state index is 11.5. The third-order valence-corrected chi connectivity index (χ3v) is 4.91. The number of carbonyl (C=O) groups is 1. The van der Waals surface area contributed by atoms with Crippen LogP contribution in [-0.4, -0.2) is 49.3 Å². The molecule has 0 aliphatic carbocycles. The molecule has 2 heterocycles. The zero-order valence-electron chi connectivity index (χ0n) is 14.0. The van der Waals surface area contributed by atoms with Crippen molar-refractivity contribution in [3.63, 3.8) is 0 Å². The number of nitrogens with one attached hydrogen (secondary N) is 1. The molecular formula is C18H24N3O2+. The van der Waals surface area contributed by atoms with Crippen LogP contribution in [0.5, 0.6) is 0 Å². The van der Waals surface area contributed by atoms with Crippen molar-refractivity contribution in [3.8, 4) is 0 Å². The monoisotopic (exact) mass is 314 g/mol. The smallest absolute Gasteiger partial charge is 0.337 e. The minimum atomic E-state index is -0.926. The molecule has 2 N–H and O–H groups in total. The Morgan fingerprint density at radius 2 is 2.04 bits per heavy atom. The second-order valence-electron chi connectivity index (χ2n) is 6.59. The van der Waals surface area contributed by atoms with Gasteiger partial charge in [0.25, 0.3) is 0 Å². The molecule has 0 radical (unpaired) electrons. The van der Waals surface area contributed by atoms with Crippen LogP contribution >= 0.6 is 0 Å². The average molecular weight is 314 g/mol. The number of aromatic carboxylic acids is 1. The van der Waals surface area contributed by atoms with Crippen molar-refractivity contribution >= 4 is 22.6 Å². The van der Waals surface area contributed by atoms with Crippen molar-refractivity contribution in [1.82, 2.24) is 4.98 Å². The molecule has 1 fully saturated rings. The predicted octanol–water partition coefficient (Wildman–Crippen LogP) is 1.35. The van der Waals surface area contributed by atoms with Crippen LogP contribution in [0.2, 0.25) is 0 Å². The number of rotatable bonds is 3. The lowest BCUT2D eigenvalue weighted by Gasteiger charge is -2.35. The Labute approximate surface area is 136 Å². The minimum Gasteiger partial charge on any atom is -0.478 e. The van der Waals surface area contributed by atoms with Gasteiger partial charge in [-0.3, -0.25) is 4.98 Å². The number of piperidine rings is 1. The molecule has 1 aliphatic rings. The van der Waals surface area contributed by atoms with E-state index in [1.807, 2.05) is 13.0 Å². The summed E-state index contributed by atoms with van der Waals surface area (Å²) in [5, 5.41) is 10.3.